The lowest BCUT2D eigenvalue weighted by molar-refractivity contribution is 0.341. The highest BCUT2D eigenvalue weighted by Gasteiger charge is 2.28. The molecule has 0 amide bonds. The van der Waals surface area contributed by atoms with E-state index in [0.29, 0.717) is 17.4 Å². The van der Waals surface area contributed by atoms with E-state index in [1.165, 1.54) is 22.7 Å². The van der Waals surface area contributed by atoms with Crippen LogP contribution in [0.1, 0.15) is 38.6 Å². The molecule has 10 heteroatoms. The van der Waals surface area contributed by atoms with Gasteiger partial charge in [-0.2, -0.15) is 5.10 Å². The molecule has 0 aliphatic heterocycles. The van der Waals surface area contributed by atoms with Crippen molar-refractivity contribution in [1.82, 2.24) is 14.8 Å². The molecule has 1 aliphatic rings. The van der Waals surface area contributed by atoms with Gasteiger partial charge >= 0.3 is 0 Å². The summed E-state index contributed by atoms with van der Waals surface area (Å²) < 4.78 is 37.7. The van der Waals surface area contributed by atoms with Crippen LogP contribution in [0.2, 0.25) is 0 Å². The Bertz CT molecular complexity index is 1300. The second-order valence-electron chi connectivity index (χ2n) is 7.42. The van der Waals surface area contributed by atoms with Crippen LogP contribution < -0.4 is 9.46 Å². The summed E-state index contributed by atoms with van der Waals surface area (Å²) in [7, 11) is -3.86. The number of benzene rings is 1. The predicted octanol–water partition coefficient (Wildman–Crippen LogP) is 5.54. The first kappa shape index (κ1) is 20.5. The number of hydrogen-bond donors (Lipinski definition) is 1. The fourth-order valence-corrected chi connectivity index (χ4v) is 6.95. The SMILES string of the molecule is CCOc1ccc2nc(NS(=O)(=O)c3cn(C4CCCC4)nc3-c3cccs3)sc2c1. The van der Waals surface area contributed by atoms with Gasteiger partial charge in [0.05, 0.1) is 27.7 Å². The van der Waals surface area contributed by atoms with E-state index in [-0.39, 0.29) is 10.9 Å². The lowest BCUT2D eigenvalue weighted by Gasteiger charge is -2.08. The zero-order chi connectivity index (χ0) is 21.4. The van der Waals surface area contributed by atoms with Gasteiger partial charge in [0, 0.05) is 6.20 Å². The third kappa shape index (κ3) is 4.07. The van der Waals surface area contributed by atoms with Crippen LogP contribution in [0.4, 0.5) is 5.13 Å². The Labute approximate surface area is 188 Å². The van der Waals surface area contributed by atoms with Gasteiger partial charge in [-0.3, -0.25) is 9.40 Å². The molecule has 0 saturated heterocycles. The average Bonchev–Trinajstić information content (AvgIpc) is 3.53. The maximum Gasteiger partial charge on any atom is 0.267 e. The first-order valence-corrected chi connectivity index (χ1v) is 13.4. The molecular formula is C21H22N4O3S3. The third-order valence-electron chi connectivity index (χ3n) is 5.33. The maximum atomic E-state index is 13.4. The summed E-state index contributed by atoms with van der Waals surface area (Å²) in [6.45, 7) is 2.49. The Balaban J connectivity index is 1.50. The number of rotatable bonds is 7. The molecule has 4 aromatic rings. The van der Waals surface area contributed by atoms with Crippen LogP contribution >= 0.6 is 22.7 Å². The number of sulfonamides is 1. The van der Waals surface area contributed by atoms with Gasteiger partial charge in [0.2, 0.25) is 0 Å². The first-order valence-electron chi connectivity index (χ1n) is 10.2. The van der Waals surface area contributed by atoms with E-state index in [9.17, 15) is 8.42 Å². The topological polar surface area (TPSA) is 86.1 Å². The fraction of sp³-hybridized carbons (Fsp3) is 0.333. The van der Waals surface area contributed by atoms with Gasteiger partial charge in [0.25, 0.3) is 10.0 Å². The smallest absolute Gasteiger partial charge is 0.267 e. The molecule has 0 atom stereocenters. The quantitative estimate of drug-likeness (QED) is 0.380. The molecule has 3 aromatic heterocycles. The number of fused-ring (bicyclic) bond motifs is 1. The van der Waals surface area contributed by atoms with Crippen molar-refractivity contribution in [2.45, 2.75) is 43.5 Å². The first-order chi connectivity index (χ1) is 15.0. The molecular weight excluding hydrogens is 452 g/mol. The van der Waals surface area contributed by atoms with Gasteiger partial charge in [0.1, 0.15) is 16.3 Å². The number of ether oxygens (including phenoxy) is 1. The van der Waals surface area contributed by atoms with E-state index in [2.05, 4.69) is 9.71 Å². The van der Waals surface area contributed by atoms with Crippen LogP contribution in [-0.2, 0) is 10.0 Å². The summed E-state index contributed by atoms with van der Waals surface area (Å²) in [5.74, 6) is 0.742. The molecule has 1 saturated carbocycles. The van der Waals surface area contributed by atoms with Gasteiger partial charge < -0.3 is 4.74 Å². The Hall–Kier alpha value is -2.43. The van der Waals surface area contributed by atoms with Crippen molar-refractivity contribution >= 4 is 48.0 Å². The van der Waals surface area contributed by atoms with Gasteiger partial charge in [-0.05, 0) is 49.4 Å². The summed E-state index contributed by atoms with van der Waals surface area (Å²) in [6, 6.07) is 9.61. The normalized spacial score (nSPS) is 15.0. The Morgan fingerprint density at radius 1 is 1.26 bits per heavy atom. The maximum absolute atomic E-state index is 13.4. The highest BCUT2D eigenvalue weighted by Crippen LogP contribution is 2.36. The summed E-state index contributed by atoms with van der Waals surface area (Å²) in [5.41, 5.74) is 1.22. The third-order valence-corrected chi connectivity index (χ3v) is 8.61. The lowest BCUT2D eigenvalue weighted by Crippen LogP contribution is -2.13. The van der Waals surface area contributed by atoms with Crippen molar-refractivity contribution in [3.8, 4) is 16.3 Å². The van der Waals surface area contributed by atoms with Crippen molar-refractivity contribution in [1.29, 1.82) is 0 Å². The second kappa shape index (κ2) is 8.25. The number of nitrogens with zero attached hydrogens (tertiary/aromatic N) is 3. The molecule has 5 rings (SSSR count). The van der Waals surface area contributed by atoms with Gasteiger partial charge in [-0.15, -0.1) is 11.3 Å². The van der Waals surface area contributed by atoms with Crippen molar-refractivity contribution < 1.29 is 13.2 Å². The summed E-state index contributed by atoms with van der Waals surface area (Å²) in [6.07, 6.45) is 6.02. The van der Waals surface area contributed by atoms with Gasteiger partial charge in [0.15, 0.2) is 5.13 Å². The molecule has 3 heterocycles. The molecule has 1 aliphatic carbocycles. The van der Waals surface area contributed by atoms with E-state index >= 15 is 0 Å². The number of thiophene rings is 1. The van der Waals surface area contributed by atoms with Crippen molar-refractivity contribution in [2.75, 3.05) is 11.3 Å². The zero-order valence-electron chi connectivity index (χ0n) is 16.9. The second-order valence-corrected chi connectivity index (χ2v) is 11.1. The van der Waals surface area contributed by atoms with Gasteiger partial charge in [-0.1, -0.05) is 30.2 Å². The molecule has 0 spiro atoms. The zero-order valence-corrected chi connectivity index (χ0v) is 19.4. The number of anilines is 1. The Morgan fingerprint density at radius 2 is 2.10 bits per heavy atom. The monoisotopic (exact) mass is 474 g/mol. The fourth-order valence-electron chi connectivity index (χ4n) is 3.89. The summed E-state index contributed by atoms with van der Waals surface area (Å²) >= 11 is 2.77. The van der Waals surface area contributed by atoms with Crippen LogP contribution in [0.5, 0.6) is 5.75 Å². The van der Waals surface area contributed by atoms with Crippen molar-refractivity contribution in [2.24, 2.45) is 0 Å². The molecule has 7 nitrogen and oxygen atoms in total. The molecule has 0 bridgehead atoms. The summed E-state index contributed by atoms with van der Waals surface area (Å²) in [5, 5.41) is 6.95. The Kier molecular flexibility index (Phi) is 5.45. The van der Waals surface area contributed by atoms with Crippen LogP contribution in [0.25, 0.3) is 20.8 Å². The molecule has 1 N–H and O–H groups in total. The molecule has 31 heavy (non-hydrogen) atoms. The van der Waals surface area contributed by atoms with Gasteiger partial charge in [-0.25, -0.2) is 13.4 Å². The van der Waals surface area contributed by atoms with Crippen molar-refractivity contribution in [3.63, 3.8) is 0 Å². The number of nitrogens with one attached hydrogen (secondary N) is 1. The summed E-state index contributed by atoms with van der Waals surface area (Å²) in [4.78, 5) is 5.48. The highest BCUT2D eigenvalue weighted by atomic mass is 32.2. The molecule has 0 radical (unpaired) electrons. The van der Waals surface area contributed by atoms with E-state index in [1.54, 1.807) is 6.20 Å². The van der Waals surface area contributed by atoms with Crippen LogP contribution in [-0.4, -0.2) is 29.8 Å². The number of thiazole rings is 1. The molecule has 1 aromatic carbocycles. The number of aromatic nitrogens is 3. The van der Waals surface area contributed by atoms with Crippen LogP contribution in [0, 0.1) is 0 Å². The molecule has 1 fully saturated rings. The predicted molar refractivity (Wildman–Crippen MR) is 125 cm³/mol. The average molecular weight is 475 g/mol. The number of hydrogen-bond acceptors (Lipinski definition) is 7. The van der Waals surface area contributed by atoms with E-state index in [4.69, 9.17) is 9.84 Å². The Morgan fingerprint density at radius 3 is 2.84 bits per heavy atom. The van der Waals surface area contributed by atoms with E-state index in [1.807, 2.05) is 47.3 Å². The highest BCUT2D eigenvalue weighted by molar-refractivity contribution is 7.93. The standard InChI is InChI=1S/C21H22N4O3S3/c1-2-28-15-9-10-16-18(12-15)30-21(22-16)24-31(26,27)19-13-25(14-6-3-4-7-14)23-20(19)17-8-5-11-29-17/h5,8-14H,2-4,6-7H2,1H3,(H,22,24). The lowest BCUT2D eigenvalue weighted by atomic mass is 10.3. The minimum Gasteiger partial charge on any atom is -0.494 e. The van der Waals surface area contributed by atoms with Crippen LogP contribution in [0.15, 0.2) is 46.8 Å². The van der Waals surface area contributed by atoms with E-state index in [0.717, 1.165) is 46.5 Å². The largest absolute Gasteiger partial charge is 0.494 e. The minimum atomic E-state index is -3.86. The van der Waals surface area contributed by atoms with Crippen molar-refractivity contribution in [3.05, 3.63) is 41.9 Å². The molecule has 162 valence electrons. The van der Waals surface area contributed by atoms with Crippen LogP contribution in [0.3, 0.4) is 0 Å². The molecule has 0 unspecified atom stereocenters. The van der Waals surface area contributed by atoms with E-state index < -0.39 is 10.0 Å². The minimum absolute atomic E-state index is 0.191.